The smallest absolute Gasteiger partial charge is 0.289 e. The molecule has 1 aliphatic rings. The topological polar surface area (TPSA) is 45.5 Å². The molecule has 2 heterocycles. The lowest BCUT2D eigenvalue weighted by Gasteiger charge is -2.31. The highest BCUT2D eigenvalue weighted by Crippen LogP contribution is 2.21. The molecular formula is C15H19ClN2O2. The number of fused-ring (bicyclic) bond motifs is 1. The van der Waals surface area contributed by atoms with Gasteiger partial charge in [-0.05, 0) is 38.1 Å². The number of halogens is 1. The molecule has 2 aromatic rings. The summed E-state index contributed by atoms with van der Waals surface area (Å²) in [6, 6.07) is 9.84. The zero-order valence-corrected chi connectivity index (χ0v) is 12.3. The minimum absolute atomic E-state index is 0. The standard InChI is InChI=1S/C15H18N2O2.ClH/c1-17(12-6-8-16-9-7-12)15(18)14-10-11-4-2-3-5-13(11)19-14;/h2-5,10,12,16H,6-9H2,1H3;1H. The summed E-state index contributed by atoms with van der Waals surface area (Å²) in [7, 11) is 1.87. The predicted octanol–water partition coefficient (Wildman–Crippen LogP) is 2.68. The van der Waals surface area contributed by atoms with Crippen LogP contribution in [0.2, 0.25) is 0 Å². The first kappa shape index (κ1) is 14.9. The summed E-state index contributed by atoms with van der Waals surface area (Å²) in [5.41, 5.74) is 0.768. The average molecular weight is 295 g/mol. The lowest BCUT2D eigenvalue weighted by atomic mass is 10.1. The third-order valence-corrected chi connectivity index (χ3v) is 3.81. The molecule has 20 heavy (non-hydrogen) atoms. The molecule has 0 saturated carbocycles. The molecule has 3 rings (SSSR count). The van der Waals surface area contributed by atoms with E-state index in [-0.39, 0.29) is 18.3 Å². The van der Waals surface area contributed by atoms with Gasteiger partial charge in [-0.25, -0.2) is 0 Å². The number of para-hydroxylation sites is 1. The molecule has 5 heteroatoms. The van der Waals surface area contributed by atoms with Crippen LogP contribution in [0.15, 0.2) is 34.7 Å². The number of hydrogen-bond acceptors (Lipinski definition) is 3. The van der Waals surface area contributed by atoms with E-state index in [0.29, 0.717) is 11.8 Å². The normalized spacial score (nSPS) is 15.8. The molecule has 1 aromatic carbocycles. The number of nitrogens with zero attached hydrogens (tertiary/aromatic N) is 1. The molecule has 4 nitrogen and oxygen atoms in total. The van der Waals surface area contributed by atoms with Crippen molar-refractivity contribution in [3.63, 3.8) is 0 Å². The highest BCUT2D eigenvalue weighted by atomic mass is 35.5. The fraction of sp³-hybridized carbons (Fsp3) is 0.400. The van der Waals surface area contributed by atoms with Crippen LogP contribution in [-0.4, -0.2) is 37.0 Å². The monoisotopic (exact) mass is 294 g/mol. The van der Waals surface area contributed by atoms with Gasteiger partial charge in [0, 0.05) is 18.5 Å². The molecule has 0 unspecified atom stereocenters. The van der Waals surface area contributed by atoms with E-state index < -0.39 is 0 Å². The number of benzene rings is 1. The second-order valence-electron chi connectivity index (χ2n) is 5.05. The zero-order chi connectivity index (χ0) is 13.2. The van der Waals surface area contributed by atoms with Crippen molar-refractivity contribution < 1.29 is 9.21 Å². The summed E-state index contributed by atoms with van der Waals surface area (Å²) in [4.78, 5) is 14.2. The second kappa shape index (κ2) is 6.29. The van der Waals surface area contributed by atoms with E-state index in [9.17, 15) is 4.79 Å². The third-order valence-electron chi connectivity index (χ3n) is 3.81. The van der Waals surface area contributed by atoms with E-state index >= 15 is 0 Å². The Morgan fingerprint density at radius 3 is 2.70 bits per heavy atom. The van der Waals surface area contributed by atoms with E-state index in [1.165, 1.54) is 0 Å². The number of furan rings is 1. The minimum atomic E-state index is -0.0249. The molecular weight excluding hydrogens is 276 g/mol. The largest absolute Gasteiger partial charge is 0.451 e. The molecule has 0 atom stereocenters. The number of rotatable bonds is 2. The Morgan fingerprint density at radius 2 is 2.00 bits per heavy atom. The summed E-state index contributed by atoms with van der Waals surface area (Å²) < 4.78 is 5.63. The van der Waals surface area contributed by atoms with Crippen molar-refractivity contribution in [3.05, 3.63) is 36.1 Å². The van der Waals surface area contributed by atoms with Gasteiger partial charge >= 0.3 is 0 Å². The van der Waals surface area contributed by atoms with Gasteiger partial charge in [-0.2, -0.15) is 0 Å². The number of carbonyl (C=O) groups excluding carboxylic acids is 1. The van der Waals surface area contributed by atoms with Gasteiger partial charge in [-0.15, -0.1) is 12.4 Å². The highest BCUT2D eigenvalue weighted by molar-refractivity contribution is 5.96. The number of amides is 1. The van der Waals surface area contributed by atoms with E-state index in [0.717, 1.165) is 36.9 Å². The summed E-state index contributed by atoms with van der Waals surface area (Å²) in [5.74, 6) is 0.408. The van der Waals surface area contributed by atoms with Crippen LogP contribution < -0.4 is 5.32 Å². The minimum Gasteiger partial charge on any atom is -0.451 e. The summed E-state index contributed by atoms with van der Waals surface area (Å²) >= 11 is 0. The maximum Gasteiger partial charge on any atom is 0.289 e. The lowest BCUT2D eigenvalue weighted by molar-refractivity contribution is 0.0673. The van der Waals surface area contributed by atoms with E-state index in [2.05, 4.69) is 5.32 Å². The zero-order valence-electron chi connectivity index (χ0n) is 11.5. The third kappa shape index (κ3) is 2.81. The molecule has 0 aliphatic carbocycles. The molecule has 1 fully saturated rings. The van der Waals surface area contributed by atoms with Crippen molar-refractivity contribution in [1.82, 2.24) is 10.2 Å². The molecule has 1 aliphatic heterocycles. The van der Waals surface area contributed by atoms with Gasteiger partial charge in [0.25, 0.3) is 5.91 Å². The van der Waals surface area contributed by atoms with Crippen LogP contribution in [0.5, 0.6) is 0 Å². The van der Waals surface area contributed by atoms with Crippen LogP contribution >= 0.6 is 12.4 Å². The van der Waals surface area contributed by atoms with Crippen molar-refractivity contribution in [3.8, 4) is 0 Å². The lowest BCUT2D eigenvalue weighted by Crippen LogP contribution is -2.43. The van der Waals surface area contributed by atoms with Gasteiger partial charge in [0.2, 0.25) is 0 Å². The van der Waals surface area contributed by atoms with Crippen molar-refractivity contribution >= 4 is 29.3 Å². The number of carbonyl (C=O) groups is 1. The van der Waals surface area contributed by atoms with Gasteiger partial charge in [-0.1, -0.05) is 18.2 Å². The highest BCUT2D eigenvalue weighted by Gasteiger charge is 2.24. The van der Waals surface area contributed by atoms with Crippen molar-refractivity contribution in [1.29, 1.82) is 0 Å². The summed E-state index contributed by atoms with van der Waals surface area (Å²) in [6.45, 7) is 1.95. The predicted molar refractivity (Wildman–Crippen MR) is 81.4 cm³/mol. The van der Waals surface area contributed by atoms with Crippen LogP contribution in [0, 0.1) is 0 Å². The first-order valence-corrected chi connectivity index (χ1v) is 6.72. The van der Waals surface area contributed by atoms with Crippen LogP contribution in [0.3, 0.4) is 0 Å². The number of nitrogens with one attached hydrogen (secondary N) is 1. The fourth-order valence-electron chi connectivity index (χ4n) is 2.62. The van der Waals surface area contributed by atoms with Gasteiger partial charge < -0.3 is 14.6 Å². The molecule has 0 spiro atoms. The molecule has 1 N–H and O–H groups in total. The van der Waals surface area contributed by atoms with Gasteiger partial charge in [0.15, 0.2) is 5.76 Å². The Balaban J connectivity index is 0.00000147. The molecule has 0 radical (unpaired) electrons. The maximum absolute atomic E-state index is 12.4. The Labute approximate surface area is 124 Å². The second-order valence-corrected chi connectivity index (χ2v) is 5.05. The van der Waals surface area contributed by atoms with Crippen LogP contribution in [0.4, 0.5) is 0 Å². The van der Waals surface area contributed by atoms with Gasteiger partial charge in [0.05, 0.1) is 0 Å². The first-order valence-electron chi connectivity index (χ1n) is 6.72. The van der Waals surface area contributed by atoms with Crippen molar-refractivity contribution in [2.75, 3.05) is 20.1 Å². The van der Waals surface area contributed by atoms with Gasteiger partial charge in [-0.3, -0.25) is 4.79 Å². The van der Waals surface area contributed by atoms with Crippen LogP contribution in [0.25, 0.3) is 11.0 Å². The quantitative estimate of drug-likeness (QED) is 0.926. The molecule has 1 saturated heterocycles. The number of hydrogen-bond donors (Lipinski definition) is 1. The SMILES string of the molecule is CN(C(=O)c1cc2ccccc2o1)C1CCNCC1.Cl. The molecule has 1 aromatic heterocycles. The maximum atomic E-state index is 12.4. The number of piperidine rings is 1. The molecule has 108 valence electrons. The first-order chi connectivity index (χ1) is 9.25. The summed E-state index contributed by atoms with van der Waals surface area (Å²) in [5, 5.41) is 4.28. The Kier molecular flexibility index (Phi) is 4.68. The van der Waals surface area contributed by atoms with E-state index in [1.807, 2.05) is 42.3 Å². The van der Waals surface area contributed by atoms with Crippen molar-refractivity contribution in [2.24, 2.45) is 0 Å². The summed E-state index contributed by atoms with van der Waals surface area (Å²) in [6.07, 6.45) is 2.00. The Hall–Kier alpha value is -1.52. The molecule has 0 bridgehead atoms. The fourth-order valence-corrected chi connectivity index (χ4v) is 2.62. The molecule has 1 amide bonds. The Bertz CT molecular complexity index is 557. The van der Waals surface area contributed by atoms with Crippen molar-refractivity contribution in [2.45, 2.75) is 18.9 Å². The average Bonchev–Trinajstić information content (AvgIpc) is 2.90. The van der Waals surface area contributed by atoms with Crippen LogP contribution in [0.1, 0.15) is 23.4 Å². The van der Waals surface area contributed by atoms with E-state index in [4.69, 9.17) is 4.42 Å². The Morgan fingerprint density at radius 1 is 1.30 bits per heavy atom. The van der Waals surface area contributed by atoms with E-state index in [1.54, 1.807) is 0 Å². The van der Waals surface area contributed by atoms with Gasteiger partial charge in [0.1, 0.15) is 5.58 Å². The van der Waals surface area contributed by atoms with Crippen LogP contribution in [-0.2, 0) is 0 Å².